The number of nitrogens with one attached hydrogen (secondary N) is 1. The molecule has 2 unspecified atom stereocenters. The first-order chi connectivity index (χ1) is 11.6. The summed E-state index contributed by atoms with van der Waals surface area (Å²) >= 11 is 8.29. The second kappa shape index (κ2) is 8.27. The summed E-state index contributed by atoms with van der Waals surface area (Å²) in [5, 5.41) is 7.70. The van der Waals surface area contributed by atoms with E-state index in [-0.39, 0.29) is 5.91 Å². The van der Waals surface area contributed by atoms with Crippen molar-refractivity contribution < 1.29 is 4.79 Å². The molecular weight excluding hydrogens is 358 g/mol. The van der Waals surface area contributed by atoms with Crippen molar-refractivity contribution in [2.24, 2.45) is 5.92 Å². The van der Waals surface area contributed by atoms with Gasteiger partial charge in [-0.05, 0) is 43.1 Å². The lowest BCUT2D eigenvalue weighted by molar-refractivity contribution is -0.119. The molecule has 1 fully saturated rings. The molecule has 2 aromatic rings. The van der Waals surface area contributed by atoms with E-state index in [1.165, 1.54) is 42.4 Å². The van der Waals surface area contributed by atoms with E-state index in [2.05, 4.69) is 17.3 Å². The van der Waals surface area contributed by atoms with Crippen LogP contribution in [0.2, 0.25) is 0 Å². The lowest BCUT2D eigenvalue weighted by Crippen LogP contribution is -2.41. The Bertz CT molecular complexity index is 741. The minimum Gasteiger partial charge on any atom is -0.352 e. The summed E-state index contributed by atoms with van der Waals surface area (Å²) in [6, 6.07) is 10.2. The van der Waals surface area contributed by atoms with Gasteiger partial charge >= 0.3 is 0 Å². The molecule has 3 rings (SSSR count). The average Bonchev–Trinajstić information content (AvgIpc) is 2.97. The summed E-state index contributed by atoms with van der Waals surface area (Å²) in [4.78, 5) is 12.2. The molecule has 4 nitrogen and oxygen atoms in total. The molecule has 0 spiro atoms. The molecule has 0 saturated heterocycles. The number of rotatable bonds is 5. The van der Waals surface area contributed by atoms with Gasteiger partial charge in [0, 0.05) is 6.04 Å². The molecule has 1 aromatic carbocycles. The van der Waals surface area contributed by atoms with Gasteiger partial charge in [-0.1, -0.05) is 61.1 Å². The first-order valence-electron chi connectivity index (χ1n) is 8.21. The van der Waals surface area contributed by atoms with E-state index in [0.29, 0.717) is 21.7 Å². The third-order valence-electron chi connectivity index (χ3n) is 4.31. The Labute approximate surface area is 155 Å². The Morgan fingerprint density at radius 1 is 1.38 bits per heavy atom. The van der Waals surface area contributed by atoms with Crippen LogP contribution in [0.1, 0.15) is 32.6 Å². The minimum atomic E-state index is 0.0890. The lowest BCUT2D eigenvalue weighted by Gasteiger charge is -2.29. The Kier molecular flexibility index (Phi) is 6.08. The molecule has 2 atom stereocenters. The summed E-state index contributed by atoms with van der Waals surface area (Å²) in [7, 11) is 0. The maximum absolute atomic E-state index is 12.2. The topological polar surface area (TPSA) is 46.9 Å². The van der Waals surface area contributed by atoms with Gasteiger partial charge in [0.05, 0.1) is 11.4 Å². The van der Waals surface area contributed by atoms with Gasteiger partial charge in [-0.15, -0.1) is 5.10 Å². The SMILES string of the molecule is CC1CCCCC1NC(=O)CSc1nn(-c2ccccc2)c(=S)s1. The van der Waals surface area contributed by atoms with Crippen molar-refractivity contribution in [3.05, 3.63) is 34.3 Å². The molecule has 24 heavy (non-hydrogen) atoms. The van der Waals surface area contributed by atoms with E-state index in [4.69, 9.17) is 12.2 Å². The van der Waals surface area contributed by atoms with Crippen molar-refractivity contribution in [3.8, 4) is 5.69 Å². The van der Waals surface area contributed by atoms with Gasteiger partial charge in [0.2, 0.25) is 5.91 Å². The van der Waals surface area contributed by atoms with Crippen LogP contribution in [0.25, 0.3) is 5.69 Å². The largest absolute Gasteiger partial charge is 0.352 e. The number of thioether (sulfide) groups is 1. The van der Waals surface area contributed by atoms with Crippen molar-refractivity contribution >= 4 is 41.2 Å². The maximum atomic E-state index is 12.2. The van der Waals surface area contributed by atoms with Crippen LogP contribution >= 0.6 is 35.3 Å². The van der Waals surface area contributed by atoms with Crippen molar-refractivity contribution in [2.75, 3.05) is 5.75 Å². The quantitative estimate of drug-likeness (QED) is 0.616. The molecule has 1 heterocycles. The van der Waals surface area contributed by atoms with Crippen LogP contribution in [0, 0.1) is 9.87 Å². The van der Waals surface area contributed by atoms with E-state index in [0.717, 1.165) is 16.4 Å². The summed E-state index contributed by atoms with van der Waals surface area (Å²) < 4.78 is 3.28. The first-order valence-corrected chi connectivity index (χ1v) is 10.4. The Hall–Kier alpha value is -1.18. The Morgan fingerprint density at radius 3 is 2.88 bits per heavy atom. The fourth-order valence-electron chi connectivity index (χ4n) is 2.96. The molecule has 0 bridgehead atoms. The van der Waals surface area contributed by atoms with Crippen LogP contribution in [0.3, 0.4) is 0 Å². The highest BCUT2D eigenvalue weighted by Gasteiger charge is 2.22. The Balaban J connectivity index is 1.57. The lowest BCUT2D eigenvalue weighted by atomic mass is 9.86. The molecule has 7 heteroatoms. The van der Waals surface area contributed by atoms with Gasteiger partial charge in [0.25, 0.3) is 0 Å². The molecule has 0 aliphatic heterocycles. The zero-order valence-electron chi connectivity index (χ0n) is 13.6. The van der Waals surface area contributed by atoms with Crippen molar-refractivity contribution in [2.45, 2.75) is 43.0 Å². The van der Waals surface area contributed by atoms with Crippen molar-refractivity contribution in [1.29, 1.82) is 0 Å². The minimum absolute atomic E-state index is 0.0890. The van der Waals surface area contributed by atoms with E-state index in [1.807, 2.05) is 30.3 Å². The predicted octanol–water partition coefficient (Wildman–Crippen LogP) is 4.45. The van der Waals surface area contributed by atoms with Crippen molar-refractivity contribution in [1.82, 2.24) is 15.1 Å². The standard InChI is InChI=1S/C17H21N3OS3/c1-12-7-5-6-10-14(12)18-15(21)11-23-16-19-20(17(22)24-16)13-8-3-2-4-9-13/h2-4,8-9,12,14H,5-7,10-11H2,1H3,(H,18,21). The van der Waals surface area contributed by atoms with Crippen LogP contribution in [0.5, 0.6) is 0 Å². The molecule has 1 aromatic heterocycles. The predicted molar refractivity (Wildman–Crippen MR) is 103 cm³/mol. The fraction of sp³-hybridized carbons (Fsp3) is 0.471. The van der Waals surface area contributed by atoms with E-state index in [1.54, 1.807) is 4.68 Å². The number of benzene rings is 1. The number of amides is 1. The Morgan fingerprint density at radius 2 is 2.12 bits per heavy atom. The molecule has 1 aliphatic rings. The third-order valence-corrected chi connectivity index (χ3v) is 6.68. The van der Waals surface area contributed by atoms with Gasteiger partial charge in [-0.2, -0.15) is 0 Å². The number of nitrogens with zero attached hydrogens (tertiary/aromatic N) is 2. The van der Waals surface area contributed by atoms with Gasteiger partial charge in [0.1, 0.15) is 0 Å². The molecular formula is C17H21N3OS3. The molecule has 1 N–H and O–H groups in total. The van der Waals surface area contributed by atoms with Crippen molar-refractivity contribution in [3.63, 3.8) is 0 Å². The normalized spacial score (nSPS) is 20.7. The van der Waals surface area contributed by atoms with Crippen LogP contribution < -0.4 is 5.32 Å². The number of aromatic nitrogens is 2. The maximum Gasteiger partial charge on any atom is 0.230 e. The molecule has 1 saturated carbocycles. The van der Waals surface area contributed by atoms with Crippen LogP contribution in [-0.2, 0) is 4.79 Å². The number of carbonyl (C=O) groups excluding carboxylic acids is 1. The summed E-state index contributed by atoms with van der Waals surface area (Å²) in [5.41, 5.74) is 0.950. The van der Waals surface area contributed by atoms with E-state index < -0.39 is 0 Å². The number of hydrogen-bond donors (Lipinski definition) is 1. The van der Waals surface area contributed by atoms with Gasteiger partial charge in [0.15, 0.2) is 8.29 Å². The highest BCUT2D eigenvalue weighted by Crippen LogP contribution is 2.26. The van der Waals surface area contributed by atoms with Gasteiger partial charge in [-0.25, -0.2) is 4.68 Å². The van der Waals surface area contributed by atoms with Gasteiger partial charge < -0.3 is 5.32 Å². The zero-order chi connectivity index (χ0) is 16.9. The molecule has 1 aliphatic carbocycles. The third kappa shape index (κ3) is 4.46. The van der Waals surface area contributed by atoms with Crippen LogP contribution in [0.15, 0.2) is 34.7 Å². The van der Waals surface area contributed by atoms with E-state index in [9.17, 15) is 4.79 Å². The smallest absolute Gasteiger partial charge is 0.230 e. The second-order valence-electron chi connectivity index (χ2n) is 6.11. The molecule has 0 radical (unpaired) electrons. The molecule has 1 amide bonds. The van der Waals surface area contributed by atoms with Gasteiger partial charge in [-0.3, -0.25) is 4.79 Å². The van der Waals surface area contributed by atoms with Crippen LogP contribution in [-0.4, -0.2) is 27.5 Å². The van der Waals surface area contributed by atoms with E-state index >= 15 is 0 Å². The number of carbonyl (C=O) groups is 1. The highest BCUT2D eigenvalue weighted by molar-refractivity contribution is 8.01. The first kappa shape index (κ1) is 17.6. The fourth-order valence-corrected chi connectivity index (χ4v) is 5.13. The summed E-state index contributed by atoms with van der Waals surface area (Å²) in [6.07, 6.45) is 4.80. The summed E-state index contributed by atoms with van der Waals surface area (Å²) in [6.45, 7) is 2.23. The zero-order valence-corrected chi connectivity index (χ0v) is 16.1. The monoisotopic (exact) mass is 379 g/mol. The second-order valence-corrected chi connectivity index (χ2v) is 8.95. The average molecular weight is 380 g/mol. The number of hydrogen-bond acceptors (Lipinski definition) is 5. The van der Waals surface area contributed by atoms with Crippen LogP contribution in [0.4, 0.5) is 0 Å². The molecule has 128 valence electrons. The summed E-state index contributed by atoms with van der Waals surface area (Å²) in [5.74, 6) is 1.05. The highest BCUT2D eigenvalue weighted by atomic mass is 32.2. The number of para-hydroxylation sites is 1.